The lowest BCUT2D eigenvalue weighted by Crippen LogP contribution is -2.41. The second kappa shape index (κ2) is 8.45. The smallest absolute Gasteiger partial charge is 0.230 e. The molecule has 2 atom stereocenters. The number of thiocarbonyl (C=S) groups is 1. The van der Waals surface area contributed by atoms with Crippen LogP contribution >= 0.6 is 12.2 Å². The molecule has 2 unspecified atom stereocenters. The van der Waals surface area contributed by atoms with E-state index in [0.29, 0.717) is 11.4 Å². The number of nitrogens with one attached hydrogen (secondary N) is 1. The molecule has 0 spiro atoms. The van der Waals surface area contributed by atoms with Crippen molar-refractivity contribution >= 4 is 23.1 Å². The minimum atomic E-state index is -0.322. The van der Waals surface area contributed by atoms with Gasteiger partial charge in [-0.05, 0) is 25.7 Å². The highest BCUT2D eigenvalue weighted by atomic mass is 32.1. The Bertz CT molecular complexity index is 254. The quantitative estimate of drug-likeness (QED) is 0.658. The highest BCUT2D eigenvalue weighted by molar-refractivity contribution is 7.80. The molecule has 100 valence electrons. The fourth-order valence-electron chi connectivity index (χ4n) is 1.76. The third-order valence-electron chi connectivity index (χ3n) is 2.88. The molecular formula is C13H26N2OS. The van der Waals surface area contributed by atoms with Crippen LogP contribution < -0.4 is 11.1 Å². The van der Waals surface area contributed by atoms with Gasteiger partial charge in [-0.25, -0.2) is 0 Å². The van der Waals surface area contributed by atoms with Crippen molar-refractivity contribution in [1.82, 2.24) is 5.32 Å². The van der Waals surface area contributed by atoms with E-state index in [0.717, 1.165) is 18.8 Å². The van der Waals surface area contributed by atoms with Crippen LogP contribution in [0.2, 0.25) is 0 Å². The summed E-state index contributed by atoms with van der Waals surface area (Å²) in [4.78, 5) is 12.1. The molecule has 0 aliphatic heterocycles. The molecule has 1 amide bonds. The van der Waals surface area contributed by atoms with E-state index >= 15 is 0 Å². The minimum absolute atomic E-state index is 0.0305. The van der Waals surface area contributed by atoms with Gasteiger partial charge >= 0.3 is 0 Å². The Labute approximate surface area is 111 Å². The fourth-order valence-corrected chi connectivity index (χ4v) is 2.04. The Kier molecular flexibility index (Phi) is 8.13. The SMILES string of the molecule is CCC(C(=O)NC(C)CCCC(C)C)C(N)=S. The van der Waals surface area contributed by atoms with Gasteiger partial charge in [0.25, 0.3) is 0 Å². The van der Waals surface area contributed by atoms with Crippen molar-refractivity contribution in [2.24, 2.45) is 17.6 Å². The van der Waals surface area contributed by atoms with E-state index in [2.05, 4.69) is 19.2 Å². The van der Waals surface area contributed by atoms with Crippen LogP contribution in [0.15, 0.2) is 0 Å². The number of carbonyl (C=O) groups excluding carboxylic acids is 1. The zero-order valence-electron chi connectivity index (χ0n) is 11.5. The van der Waals surface area contributed by atoms with Gasteiger partial charge in [0, 0.05) is 6.04 Å². The van der Waals surface area contributed by atoms with Crippen LogP contribution in [0.3, 0.4) is 0 Å². The first-order chi connectivity index (χ1) is 7.88. The predicted molar refractivity (Wildman–Crippen MR) is 76.9 cm³/mol. The van der Waals surface area contributed by atoms with Crippen LogP contribution in [0.5, 0.6) is 0 Å². The van der Waals surface area contributed by atoms with Crippen molar-refractivity contribution < 1.29 is 4.79 Å². The molecule has 17 heavy (non-hydrogen) atoms. The molecule has 4 heteroatoms. The summed E-state index contributed by atoms with van der Waals surface area (Å²) >= 11 is 4.88. The molecule has 0 aromatic heterocycles. The summed E-state index contributed by atoms with van der Waals surface area (Å²) in [5.41, 5.74) is 5.53. The van der Waals surface area contributed by atoms with Crippen molar-refractivity contribution in [3.05, 3.63) is 0 Å². The summed E-state index contributed by atoms with van der Waals surface area (Å²) in [5, 5.41) is 2.98. The summed E-state index contributed by atoms with van der Waals surface area (Å²) in [6.07, 6.45) is 4.02. The normalized spacial score (nSPS) is 14.4. The van der Waals surface area contributed by atoms with Crippen molar-refractivity contribution in [2.45, 2.75) is 59.4 Å². The molecule has 0 heterocycles. The Balaban J connectivity index is 3.98. The largest absolute Gasteiger partial charge is 0.393 e. The lowest BCUT2D eigenvalue weighted by atomic mass is 10.0. The summed E-state index contributed by atoms with van der Waals surface area (Å²) in [5.74, 6) is 0.368. The number of rotatable bonds is 8. The molecule has 3 nitrogen and oxygen atoms in total. The maximum atomic E-state index is 11.8. The van der Waals surface area contributed by atoms with Crippen LogP contribution in [0, 0.1) is 11.8 Å². The second-order valence-electron chi connectivity index (χ2n) is 5.10. The van der Waals surface area contributed by atoms with E-state index in [9.17, 15) is 4.79 Å². The molecule has 0 aromatic rings. The number of hydrogen-bond donors (Lipinski definition) is 2. The molecule has 0 aliphatic rings. The van der Waals surface area contributed by atoms with Crippen LogP contribution in [0.1, 0.15) is 53.4 Å². The second-order valence-corrected chi connectivity index (χ2v) is 5.57. The van der Waals surface area contributed by atoms with E-state index < -0.39 is 0 Å². The van der Waals surface area contributed by atoms with Crippen LogP contribution in [0.4, 0.5) is 0 Å². The van der Waals surface area contributed by atoms with Crippen molar-refractivity contribution in [1.29, 1.82) is 0 Å². The topological polar surface area (TPSA) is 55.1 Å². The summed E-state index contributed by atoms with van der Waals surface area (Å²) in [7, 11) is 0. The van der Waals surface area contributed by atoms with Crippen molar-refractivity contribution in [2.75, 3.05) is 0 Å². The Morgan fingerprint density at radius 3 is 2.29 bits per heavy atom. The van der Waals surface area contributed by atoms with Gasteiger partial charge in [-0.3, -0.25) is 4.79 Å². The number of hydrogen-bond acceptors (Lipinski definition) is 2. The summed E-state index contributed by atoms with van der Waals surface area (Å²) in [6, 6.07) is 0.199. The monoisotopic (exact) mass is 258 g/mol. The molecule has 0 aliphatic carbocycles. The third kappa shape index (κ3) is 7.31. The molecule has 0 aromatic carbocycles. The Morgan fingerprint density at radius 1 is 1.29 bits per heavy atom. The molecule has 0 saturated heterocycles. The first-order valence-electron chi connectivity index (χ1n) is 6.48. The van der Waals surface area contributed by atoms with Gasteiger partial charge in [-0.2, -0.15) is 0 Å². The Morgan fingerprint density at radius 2 is 1.88 bits per heavy atom. The summed E-state index contributed by atoms with van der Waals surface area (Å²) in [6.45, 7) is 8.38. The van der Waals surface area contributed by atoms with E-state index in [1.807, 2.05) is 13.8 Å². The van der Waals surface area contributed by atoms with Gasteiger partial charge in [0.1, 0.15) is 0 Å². The van der Waals surface area contributed by atoms with E-state index in [-0.39, 0.29) is 17.9 Å². The highest BCUT2D eigenvalue weighted by Gasteiger charge is 2.20. The Hall–Kier alpha value is -0.640. The molecule has 0 rings (SSSR count). The van der Waals surface area contributed by atoms with Gasteiger partial charge in [0.15, 0.2) is 0 Å². The maximum absolute atomic E-state index is 11.8. The zero-order valence-corrected chi connectivity index (χ0v) is 12.3. The molecule has 0 bridgehead atoms. The number of carbonyl (C=O) groups is 1. The van der Waals surface area contributed by atoms with E-state index in [1.165, 1.54) is 6.42 Å². The first kappa shape index (κ1) is 16.4. The van der Waals surface area contributed by atoms with Crippen LogP contribution in [-0.2, 0) is 4.79 Å². The third-order valence-corrected chi connectivity index (χ3v) is 3.16. The predicted octanol–water partition coefficient (Wildman–Crippen LogP) is 2.63. The first-order valence-corrected chi connectivity index (χ1v) is 6.89. The fraction of sp³-hybridized carbons (Fsp3) is 0.846. The van der Waals surface area contributed by atoms with Gasteiger partial charge in [0.05, 0.1) is 10.9 Å². The summed E-state index contributed by atoms with van der Waals surface area (Å²) < 4.78 is 0. The van der Waals surface area contributed by atoms with Gasteiger partial charge in [0.2, 0.25) is 5.91 Å². The van der Waals surface area contributed by atoms with Gasteiger partial charge < -0.3 is 11.1 Å². The lowest BCUT2D eigenvalue weighted by molar-refractivity contribution is -0.123. The molecule has 3 N–H and O–H groups in total. The van der Waals surface area contributed by atoms with Crippen LogP contribution in [0.25, 0.3) is 0 Å². The lowest BCUT2D eigenvalue weighted by Gasteiger charge is -2.18. The standard InChI is InChI=1S/C13H26N2OS/c1-5-11(12(14)17)13(16)15-10(4)8-6-7-9(2)3/h9-11H,5-8H2,1-4H3,(H2,14,17)(H,15,16). The minimum Gasteiger partial charge on any atom is -0.393 e. The average molecular weight is 258 g/mol. The zero-order chi connectivity index (χ0) is 13.4. The molecular weight excluding hydrogens is 232 g/mol. The van der Waals surface area contributed by atoms with Gasteiger partial charge in [-0.1, -0.05) is 45.8 Å². The van der Waals surface area contributed by atoms with Crippen molar-refractivity contribution in [3.8, 4) is 0 Å². The van der Waals surface area contributed by atoms with E-state index in [1.54, 1.807) is 0 Å². The maximum Gasteiger partial charge on any atom is 0.230 e. The van der Waals surface area contributed by atoms with Gasteiger partial charge in [-0.15, -0.1) is 0 Å². The molecule has 0 saturated carbocycles. The number of nitrogens with two attached hydrogens (primary N) is 1. The van der Waals surface area contributed by atoms with E-state index in [4.69, 9.17) is 18.0 Å². The average Bonchev–Trinajstić information content (AvgIpc) is 2.16. The highest BCUT2D eigenvalue weighted by Crippen LogP contribution is 2.09. The molecule has 0 fully saturated rings. The van der Waals surface area contributed by atoms with Crippen molar-refractivity contribution in [3.63, 3.8) is 0 Å². The number of amides is 1. The molecule has 0 radical (unpaired) electrons. The van der Waals surface area contributed by atoms with Crippen LogP contribution in [-0.4, -0.2) is 16.9 Å².